The third kappa shape index (κ3) is 9.75. The molecule has 0 aliphatic carbocycles. The molecule has 2 nitrogen and oxygen atoms in total. The van der Waals surface area contributed by atoms with E-state index < -0.39 is 0 Å². The molecule has 0 aliphatic heterocycles. The van der Waals surface area contributed by atoms with Crippen LogP contribution in [0.15, 0.2) is 12.7 Å². The van der Waals surface area contributed by atoms with E-state index in [2.05, 4.69) is 18.8 Å². The van der Waals surface area contributed by atoms with E-state index in [1.807, 2.05) is 6.08 Å². The summed E-state index contributed by atoms with van der Waals surface area (Å²) in [4.78, 5) is 0. The van der Waals surface area contributed by atoms with Crippen molar-refractivity contribution < 1.29 is 5.11 Å². The summed E-state index contributed by atoms with van der Waals surface area (Å²) in [5.41, 5.74) is 0. The number of allylic oxidation sites excluding steroid dienone is 1. The predicted octanol–water partition coefficient (Wildman–Crippen LogP) is 2.48. The molecule has 0 saturated carbocycles. The van der Waals surface area contributed by atoms with E-state index in [1.165, 1.54) is 19.3 Å². The number of aliphatic hydroxyl groups is 1. The highest BCUT2D eigenvalue weighted by Gasteiger charge is 2.00. The van der Waals surface area contributed by atoms with Crippen molar-refractivity contribution in [3.05, 3.63) is 12.7 Å². The lowest BCUT2D eigenvalue weighted by Gasteiger charge is -2.10. The number of hydrogen-bond donors (Lipinski definition) is 2. The lowest BCUT2D eigenvalue weighted by Crippen LogP contribution is -2.27. The largest absolute Gasteiger partial charge is 0.392 e. The maximum atomic E-state index is 9.41. The third-order valence-electron chi connectivity index (χ3n) is 2.26. The molecule has 84 valence electrons. The van der Waals surface area contributed by atoms with Gasteiger partial charge in [-0.25, -0.2) is 0 Å². The molecule has 0 bridgehead atoms. The van der Waals surface area contributed by atoms with Crippen LogP contribution in [0.25, 0.3) is 0 Å². The van der Waals surface area contributed by atoms with Gasteiger partial charge in [-0.3, -0.25) is 0 Å². The number of rotatable bonds is 10. The molecule has 0 aromatic rings. The van der Waals surface area contributed by atoms with Gasteiger partial charge >= 0.3 is 0 Å². The second kappa shape index (κ2) is 10.7. The van der Waals surface area contributed by atoms with Crippen LogP contribution in [-0.2, 0) is 0 Å². The van der Waals surface area contributed by atoms with Crippen molar-refractivity contribution in [2.45, 2.75) is 51.6 Å². The first kappa shape index (κ1) is 13.7. The van der Waals surface area contributed by atoms with Gasteiger partial charge in [-0.1, -0.05) is 25.8 Å². The molecule has 0 aliphatic rings. The topological polar surface area (TPSA) is 32.3 Å². The van der Waals surface area contributed by atoms with Gasteiger partial charge in [0.2, 0.25) is 0 Å². The van der Waals surface area contributed by atoms with Crippen LogP contribution in [0.3, 0.4) is 0 Å². The summed E-state index contributed by atoms with van der Waals surface area (Å²) in [6.07, 6.45) is 8.59. The molecule has 0 saturated heterocycles. The second-order valence-corrected chi connectivity index (χ2v) is 3.78. The molecule has 0 amide bonds. The summed E-state index contributed by atoms with van der Waals surface area (Å²) in [5, 5.41) is 12.7. The van der Waals surface area contributed by atoms with Crippen LogP contribution in [0.5, 0.6) is 0 Å². The summed E-state index contributed by atoms with van der Waals surface area (Å²) in [5.74, 6) is 0. The van der Waals surface area contributed by atoms with Gasteiger partial charge in [0.25, 0.3) is 0 Å². The summed E-state index contributed by atoms with van der Waals surface area (Å²) in [6.45, 7) is 7.56. The first-order valence-corrected chi connectivity index (χ1v) is 5.81. The summed E-state index contributed by atoms with van der Waals surface area (Å²) < 4.78 is 0. The molecule has 0 aromatic carbocycles. The van der Waals surface area contributed by atoms with Gasteiger partial charge in [0.15, 0.2) is 0 Å². The van der Waals surface area contributed by atoms with E-state index in [4.69, 9.17) is 0 Å². The average molecular weight is 199 g/mol. The van der Waals surface area contributed by atoms with E-state index in [0.717, 1.165) is 32.4 Å². The van der Waals surface area contributed by atoms with Crippen LogP contribution < -0.4 is 5.32 Å². The Labute approximate surface area is 88.4 Å². The number of nitrogens with one attached hydrogen (secondary N) is 1. The van der Waals surface area contributed by atoms with E-state index in [-0.39, 0.29) is 6.10 Å². The molecular weight excluding hydrogens is 174 g/mol. The summed E-state index contributed by atoms with van der Waals surface area (Å²) >= 11 is 0. The minimum Gasteiger partial charge on any atom is -0.392 e. The molecular formula is C12H25NO. The Hall–Kier alpha value is -0.340. The average Bonchev–Trinajstić information content (AvgIpc) is 2.17. The van der Waals surface area contributed by atoms with E-state index in [0.29, 0.717) is 0 Å². The van der Waals surface area contributed by atoms with Crippen LogP contribution in [0.2, 0.25) is 0 Å². The standard InChI is InChI=1S/C12H25NO/c1-3-5-6-7-8-10-13-11-12(14)9-4-2/h3,12-14H,1,4-11H2,2H3. The maximum absolute atomic E-state index is 9.41. The fourth-order valence-electron chi connectivity index (χ4n) is 1.42. The van der Waals surface area contributed by atoms with Crippen LogP contribution in [0, 0.1) is 0 Å². The lowest BCUT2D eigenvalue weighted by molar-refractivity contribution is 0.161. The molecule has 14 heavy (non-hydrogen) atoms. The zero-order valence-corrected chi connectivity index (χ0v) is 9.47. The third-order valence-corrected chi connectivity index (χ3v) is 2.26. The molecule has 0 aromatic heterocycles. The normalized spacial score (nSPS) is 12.7. The van der Waals surface area contributed by atoms with E-state index in [9.17, 15) is 5.11 Å². The molecule has 0 heterocycles. The van der Waals surface area contributed by atoms with E-state index in [1.54, 1.807) is 0 Å². The van der Waals surface area contributed by atoms with Crippen molar-refractivity contribution in [3.63, 3.8) is 0 Å². The van der Waals surface area contributed by atoms with Gasteiger partial charge in [0.1, 0.15) is 0 Å². The van der Waals surface area contributed by atoms with Crippen LogP contribution in [-0.4, -0.2) is 24.3 Å². The molecule has 2 heteroatoms. The number of aliphatic hydroxyl groups excluding tert-OH is 1. The summed E-state index contributed by atoms with van der Waals surface area (Å²) in [7, 11) is 0. The Kier molecular flexibility index (Phi) is 10.5. The smallest absolute Gasteiger partial charge is 0.0664 e. The first-order chi connectivity index (χ1) is 6.81. The van der Waals surface area contributed by atoms with Crippen molar-refractivity contribution in [2.24, 2.45) is 0 Å². The van der Waals surface area contributed by atoms with Gasteiger partial charge in [-0.05, 0) is 32.2 Å². The van der Waals surface area contributed by atoms with E-state index >= 15 is 0 Å². The fraction of sp³-hybridized carbons (Fsp3) is 0.833. The van der Waals surface area contributed by atoms with Crippen molar-refractivity contribution in [1.29, 1.82) is 0 Å². The molecule has 0 radical (unpaired) electrons. The SMILES string of the molecule is C=CCCCCCNCC(O)CCC. The van der Waals surface area contributed by atoms with Gasteiger partial charge < -0.3 is 10.4 Å². The predicted molar refractivity (Wildman–Crippen MR) is 62.4 cm³/mol. The highest BCUT2D eigenvalue weighted by Crippen LogP contribution is 1.99. The Morgan fingerprint density at radius 2 is 2.14 bits per heavy atom. The molecule has 1 unspecified atom stereocenters. The maximum Gasteiger partial charge on any atom is 0.0664 e. The second-order valence-electron chi connectivity index (χ2n) is 3.78. The Balaban J connectivity index is 3.01. The van der Waals surface area contributed by atoms with Crippen molar-refractivity contribution in [1.82, 2.24) is 5.32 Å². The van der Waals surface area contributed by atoms with Crippen LogP contribution >= 0.6 is 0 Å². The lowest BCUT2D eigenvalue weighted by atomic mass is 10.2. The van der Waals surface area contributed by atoms with Gasteiger partial charge in [0.05, 0.1) is 6.10 Å². The molecule has 0 spiro atoms. The Morgan fingerprint density at radius 1 is 1.36 bits per heavy atom. The van der Waals surface area contributed by atoms with Gasteiger partial charge in [-0.15, -0.1) is 6.58 Å². The zero-order valence-electron chi connectivity index (χ0n) is 9.47. The highest BCUT2D eigenvalue weighted by atomic mass is 16.3. The monoisotopic (exact) mass is 199 g/mol. The van der Waals surface area contributed by atoms with Gasteiger partial charge in [-0.2, -0.15) is 0 Å². The number of unbranched alkanes of at least 4 members (excludes halogenated alkanes) is 3. The molecule has 1 atom stereocenters. The molecule has 0 rings (SSSR count). The van der Waals surface area contributed by atoms with Gasteiger partial charge in [0, 0.05) is 6.54 Å². The van der Waals surface area contributed by atoms with Crippen molar-refractivity contribution >= 4 is 0 Å². The number of hydrogen-bond acceptors (Lipinski definition) is 2. The fourth-order valence-corrected chi connectivity index (χ4v) is 1.42. The minimum absolute atomic E-state index is 0.159. The van der Waals surface area contributed by atoms with Crippen molar-refractivity contribution in [2.75, 3.05) is 13.1 Å². The first-order valence-electron chi connectivity index (χ1n) is 5.81. The quantitative estimate of drug-likeness (QED) is 0.418. The highest BCUT2D eigenvalue weighted by molar-refractivity contribution is 4.65. The molecule has 2 N–H and O–H groups in total. The van der Waals surface area contributed by atoms with Crippen LogP contribution in [0.4, 0.5) is 0 Å². The Bertz CT molecular complexity index is 125. The zero-order chi connectivity index (χ0) is 10.6. The summed E-state index contributed by atoms with van der Waals surface area (Å²) in [6, 6.07) is 0. The van der Waals surface area contributed by atoms with Crippen molar-refractivity contribution in [3.8, 4) is 0 Å². The minimum atomic E-state index is -0.159. The Morgan fingerprint density at radius 3 is 2.79 bits per heavy atom. The van der Waals surface area contributed by atoms with Crippen LogP contribution in [0.1, 0.15) is 45.4 Å². The molecule has 0 fully saturated rings.